The summed E-state index contributed by atoms with van der Waals surface area (Å²) in [5.41, 5.74) is 1.53. The molecule has 2 rings (SSSR count). The number of nitro benzene ring substituents is 1. The van der Waals surface area contributed by atoms with Crippen molar-refractivity contribution in [2.75, 3.05) is 0 Å². The van der Waals surface area contributed by atoms with E-state index < -0.39 is 4.92 Å². The van der Waals surface area contributed by atoms with E-state index in [4.69, 9.17) is 0 Å². The Morgan fingerprint density at radius 1 is 1.20 bits per heavy atom. The van der Waals surface area contributed by atoms with Crippen LogP contribution >= 0.6 is 11.8 Å². The van der Waals surface area contributed by atoms with Crippen molar-refractivity contribution in [2.24, 2.45) is 0 Å². The third-order valence-corrected chi connectivity index (χ3v) is 3.35. The minimum absolute atomic E-state index is 0.0457. The molecule has 1 heterocycles. The van der Waals surface area contributed by atoms with Crippen LogP contribution in [-0.2, 0) is 0 Å². The molecule has 0 saturated carbocycles. The van der Waals surface area contributed by atoms with E-state index in [0.717, 1.165) is 11.4 Å². The number of aldehydes is 1. The van der Waals surface area contributed by atoms with Crippen molar-refractivity contribution >= 4 is 23.7 Å². The number of nitro groups is 1. The second kappa shape index (κ2) is 5.79. The lowest BCUT2D eigenvalue weighted by Gasteiger charge is -2.04. The van der Waals surface area contributed by atoms with Gasteiger partial charge in [0.15, 0.2) is 11.4 Å². The smallest absolute Gasteiger partial charge is 0.279 e. The van der Waals surface area contributed by atoms with E-state index >= 15 is 0 Å². The zero-order valence-corrected chi connectivity index (χ0v) is 11.7. The Labute approximate surface area is 119 Å². The van der Waals surface area contributed by atoms with Gasteiger partial charge in [0.25, 0.3) is 5.69 Å². The van der Waals surface area contributed by atoms with E-state index in [-0.39, 0.29) is 11.3 Å². The van der Waals surface area contributed by atoms with Gasteiger partial charge in [-0.25, -0.2) is 9.97 Å². The van der Waals surface area contributed by atoms with Crippen molar-refractivity contribution in [3.05, 3.63) is 51.3 Å². The van der Waals surface area contributed by atoms with Gasteiger partial charge in [0.05, 0.1) is 10.5 Å². The van der Waals surface area contributed by atoms with Gasteiger partial charge in [0.2, 0.25) is 0 Å². The quantitative estimate of drug-likeness (QED) is 0.372. The third kappa shape index (κ3) is 3.18. The van der Waals surface area contributed by atoms with Gasteiger partial charge in [-0.2, -0.15) is 0 Å². The minimum Gasteiger partial charge on any atom is -0.298 e. The Bertz CT molecular complexity index is 668. The van der Waals surface area contributed by atoms with Gasteiger partial charge in [0, 0.05) is 22.3 Å². The summed E-state index contributed by atoms with van der Waals surface area (Å²) in [4.78, 5) is 30.3. The molecule has 102 valence electrons. The molecule has 0 saturated heterocycles. The van der Waals surface area contributed by atoms with E-state index in [1.165, 1.54) is 23.9 Å². The molecule has 2 aromatic rings. The number of aryl methyl sites for hydroxylation is 2. The first-order valence-electron chi connectivity index (χ1n) is 5.73. The van der Waals surface area contributed by atoms with Crippen LogP contribution in [-0.4, -0.2) is 21.2 Å². The summed E-state index contributed by atoms with van der Waals surface area (Å²) in [7, 11) is 0. The molecule has 20 heavy (non-hydrogen) atoms. The summed E-state index contributed by atoms with van der Waals surface area (Å²) in [5, 5.41) is 11.3. The van der Waals surface area contributed by atoms with Crippen LogP contribution < -0.4 is 0 Å². The van der Waals surface area contributed by atoms with Crippen molar-refractivity contribution in [3.63, 3.8) is 0 Å². The second-order valence-corrected chi connectivity index (χ2v) is 5.17. The van der Waals surface area contributed by atoms with Crippen LogP contribution in [0.15, 0.2) is 34.3 Å². The first kappa shape index (κ1) is 14.1. The van der Waals surface area contributed by atoms with E-state index in [0.29, 0.717) is 16.3 Å². The molecule has 0 radical (unpaired) electrons. The fourth-order valence-corrected chi connectivity index (χ4v) is 2.61. The highest BCUT2D eigenvalue weighted by molar-refractivity contribution is 7.99. The molecule has 0 aliphatic rings. The van der Waals surface area contributed by atoms with Crippen molar-refractivity contribution in [3.8, 4) is 0 Å². The number of hydrogen-bond donors (Lipinski definition) is 0. The zero-order chi connectivity index (χ0) is 14.7. The van der Waals surface area contributed by atoms with Gasteiger partial charge in [-0.05, 0) is 43.8 Å². The molecule has 7 heteroatoms. The van der Waals surface area contributed by atoms with Crippen LogP contribution in [0.3, 0.4) is 0 Å². The fourth-order valence-electron chi connectivity index (χ4n) is 1.70. The Hall–Kier alpha value is -2.28. The molecule has 0 aliphatic carbocycles. The van der Waals surface area contributed by atoms with Gasteiger partial charge in [0.1, 0.15) is 0 Å². The minimum atomic E-state index is -0.578. The zero-order valence-electron chi connectivity index (χ0n) is 10.9. The largest absolute Gasteiger partial charge is 0.298 e. The number of nitrogens with zero attached hydrogens (tertiary/aromatic N) is 3. The second-order valence-electron chi connectivity index (χ2n) is 4.13. The lowest BCUT2D eigenvalue weighted by Crippen LogP contribution is -1.95. The van der Waals surface area contributed by atoms with Crippen LogP contribution in [0.4, 0.5) is 5.69 Å². The normalized spacial score (nSPS) is 10.3. The highest BCUT2D eigenvalue weighted by atomic mass is 32.2. The lowest BCUT2D eigenvalue weighted by atomic mass is 10.2. The maximum absolute atomic E-state index is 10.9. The molecule has 0 N–H and O–H groups in total. The van der Waals surface area contributed by atoms with Crippen LogP contribution in [0.25, 0.3) is 0 Å². The third-order valence-electron chi connectivity index (χ3n) is 2.49. The first-order valence-corrected chi connectivity index (χ1v) is 6.55. The number of rotatable bonds is 4. The van der Waals surface area contributed by atoms with Crippen molar-refractivity contribution in [1.82, 2.24) is 9.97 Å². The van der Waals surface area contributed by atoms with Crippen LogP contribution in [0.2, 0.25) is 0 Å². The molecule has 0 spiro atoms. The predicted octanol–water partition coefficient (Wildman–Crippen LogP) is 2.97. The van der Waals surface area contributed by atoms with E-state index in [1.54, 1.807) is 6.07 Å². The molecule has 0 atom stereocenters. The summed E-state index contributed by atoms with van der Waals surface area (Å²) in [5.74, 6) is 0. The van der Waals surface area contributed by atoms with E-state index in [1.807, 2.05) is 19.9 Å². The molecule has 6 nitrogen and oxygen atoms in total. The molecule has 1 aromatic heterocycles. The van der Waals surface area contributed by atoms with Gasteiger partial charge < -0.3 is 0 Å². The molecule has 0 bridgehead atoms. The summed E-state index contributed by atoms with van der Waals surface area (Å²) in [6, 6.07) is 6.22. The van der Waals surface area contributed by atoms with Gasteiger partial charge in [-0.1, -0.05) is 0 Å². The maximum Gasteiger partial charge on any atom is 0.279 e. The van der Waals surface area contributed by atoms with Crippen molar-refractivity contribution in [1.29, 1.82) is 0 Å². The van der Waals surface area contributed by atoms with Gasteiger partial charge in [-0.3, -0.25) is 14.9 Å². The van der Waals surface area contributed by atoms with Crippen LogP contribution in [0.5, 0.6) is 0 Å². The average Bonchev–Trinajstić information content (AvgIpc) is 2.37. The Morgan fingerprint density at radius 3 is 2.40 bits per heavy atom. The number of carbonyl (C=O) groups excluding carboxylic acids is 1. The van der Waals surface area contributed by atoms with Gasteiger partial charge >= 0.3 is 0 Å². The van der Waals surface area contributed by atoms with Crippen molar-refractivity contribution < 1.29 is 9.72 Å². The summed E-state index contributed by atoms with van der Waals surface area (Å²) in [6.07, 6.45) is 0.477. The first-order chi connectivity index (χ1) is 9.49. The summed E-state index contributed by atoms with van der Waals surface area (Å²) < 4.78 is 0. The Balaban J connectivity index is 2.34. The molecule has 0 aliphatic heterocycles. The van der Waals surface area contributed by atoms with Gasteiger partial charge in [-0.15, -0.1) is 0 Å². The highest BCUT2D eigenvalue weighted by Gasteiger charge is 2.14. The molecule has 1 aromatic carbocycles. The SMILES string of the molecule is Cc1cc(C)nc(Sc2ccc([N+](=O)[O-])c(C=O)c2)n1. The van der Waals surface area contributed by atoms with E-state index in [9.17, 15) is 14.9 Å². The molecule has 0 amide bonds. The predicted molar refractivity (Wildman–Crippen MR) is 74.1 cm³/mol. The van der Waals surface area contributed by atoms with Crippen LogP contribution in [0, 0.1) is 24.0 Å². The molecule has 0 unspecified atom stereocenters. The van der Waals surface area contributed by atoms with Crippen LogP contribution in [0.1, 0.15) is 21.7 Å². The summed E-state index contributed by atoms with van der Waals surface area (Å²) in [6.45, 7) is 3.73. The monoisotopic (exact) mass is 289 g/mol. The number of aromatic nitrogens is 2. The standard InChI is InChI=1S/C13H11N3O3S/c1-8-5-9(2)15-13(14-8)20-11-3-4-12(16(18)19)10(6-11)7-17/h3-7H,1-2H3. The fraction of sp³-hybridized carbons (Fsp3) is 0.154. The highest BCUT2D eigenvalue weighted by Crippen LogP contribution is 2.29. The van der Waals surface area contributed by atoms with Crippen molar-refractivity contribution in [2.45, 2.75) is 23.9 Å². The average molecular weight is 289 g/mol. The number of benzene rings is 1. The maximum atomic E-state index is 10.9. The summed E-state index contributed by atoms with van der Waals surface area (Å²) >= 11 is 1.26. The topological polar surface area (TPSA) is 86.0 Å². The number of carbonyl (C=O) groups is 1. The number of hydrogen-bond acceptors (Lipinski definition) is 6. The molecular weight excluding hydrogens is 278 g/mol. The Morgan fingerprint density at radius 2 is 1.85 bits per heavy atom. The lowest BCUT2D eigenvalue weighted by molar-refractivity contribution is -0.385. The van der Waals surface area contributed by atoms with E-state index in [2.05, 4.69) is 9.97 Å². The molecule has 0 fully saturated rings. The molecular formula is C13H11N3O3S. The Kier molecular flexibility index (Phi) is 4.09.